The number of allylic oxidation sites excluding steroid dienone is 2. The Morgan fingerprint density at radius 1 is 0.595 bits per heavy atom. The van der Waals surface area contributed by atoms with E-state index in [2.05, 4.69) is 19.2 Å². The third-order valence-electron chi connectivity index (χ3n) is 15.3. The zero-order valence-electron chi connectivity index (χ0n) is 53.4. The summed E-state index contributed by atoms with van der Waals surface area (Å²) in [5.74, 6) is 2.29. The maximum absolute atomic E-state index is 14.1. The number of carbonyl (C=O) groups is 5. The van der Waals surface area contributed by atoms with Gasteiger partial charge in [0.1, 0.15) is 5.60 Å². The number of hydrogen-bond acceptors (Lipinski definition) is 13. The van der Waals surface area contributed by atoms with E-state index >= 15 is 0 Å². The van der Waals surface area contributed by atoms with E-state index in [1.54, 1.807) is 75.8 Å². The molecule has 2 heterocycles. The van der Waals surface area contributed by atoms with Gasteiger partial charge in [0.15, 0.2) is 23.0 Å². The number of benzene rings is 2. The van der Waals surface area contributed by atoms with Crippen molar-refractivity contribution in [3.05, 3.63) is 70.8 Å². The second-order valence-electron chi connectivity index (χ2n) is 24.6. The maximum Gasteiger partial charge on any atom is 0.410 e. The Hall–Kier alpha value is -5.56. The van der Waals surface area contributed by atoms with Crippen LogP contribution in [0.2, 0.25) is 0 Å². The summed E-state index contributed by atoms with van der Waals surface area (Å²) in [6.07, 6.45) is 13.7. The monoisotopic (exact) mass is 1190 g/mol. The lowest BCUT2D eigenvalue weighted by Crippen LogP contribution is -2.58. The molecule has 2 aliphatic carbocycles. The molecule has 0 unspecified atom stereocenters. The van der Waals surface area contributed by atoms with Crippen molar-refractivity contribution in [2.75, 3.05) is 81.0 Å². The molecule has 0 radical (unpaired) electrons. The van der Waals surface area contributed by atoms with Gasteiger partial charge in [-0.05, 0) is 177 Å². The van der Waals surface area contributed by atoms with Crippen LogP contribution in [0, 0.1) is 0 Å². The molecule has 2 saturated carbocycles. The van der Waals surface area contributed by atoms with Crippen LogP contribution in [0.4, 0.5) is 4.79 Å². The van der Waals surface area contributed by atoms with Gasteiger partial charge in [-0.25, -0.2) is 4.79 Å². The smallest absolute Gasteiger partial charge is 0.410 e. The van der Waals surface area contributed by atoms with Crippen LogP contribution >= 0.6 is 12.4 Å². The SMILES string of the molecule is COCCCOc1cc(C(=O)N(C(C)C)[C@@H]2CC[C@H](CCN(C(=O)C=C(C)C)C3CC3)N(C(=O)OC(C)(C)C)C2)ccc1OC.COCCCOc1cc(C(=O)N(C(C)C)[C@@H]2CC[C@H](CCN(C(=O)C=C(C)C)C3CC3)NC2)ccc1OC.Cl. The fraction of sp³-hybridized carbons (Fsp3) is 0.677. The highest BCUT2D eigenvalue weighted by atomic mass is 35.5. The van der Waals surface area contributed by atoms with Crippen LogP contribution in [0.15, 0.2) is 59.7 Å². The largest absolute Gasteiger partial charge is 0.493 e. The van der Waals surface area contributed by atoms with Crippen LogP contribution in [-0.4, -0.2) is 189 Å². The lowest BCUT2D eigenvalue weighted by Gasteiger charge is -2.45. The molecule has 2 aliphatic heterocycles. The summed E-state index contributed by atoms with van der Waals surface area (Å²) in [5, 5.41) is 3.67. The van der Waals surface area contributed by atoms with Crippen molar-refractivity contribution < 1.29 is 57.1 Å². The molecule has 2 saturated heterocycles. The van der Waals surface area contributed by atoms with Crippen LogP contribution in [0.25, 0.3) is 0 Å². The number of piperidine rings is 2. The Balaban J connectivity index is 0.000000361. The van der Waals surface area contributed by atoms with Crippen molar-refractivity contribution >= 4 is 42.1 Å². The second kappa shape index (κ2) is 34.6. The summed E-state index contributed by atoms with van der Waals surface area (Å²) >= 11 is 0. The molecule has 472 valence electrons. The average Bonchev–Trinajstić information content (AvgIpc) is 4.61. The molecule has 6 rings (SSSR count). The molecule has 2 aromatic carbocycles. The standard InChI is InChI=1S/C35H55N3O7.C30H47N3O5.ClH/c1-24(2)21-32(39)36(27-12-13-27)18-17-28-14-15-29(23-37(28)34(41)45-35(5,6)7)38(25(3)4)33(40)26-11-16-30(43-9)31(22-26)44-20-10-19-42-8;1-21(2)18-29(34)32(25-11-12-25)15-14-24-9-10-26(20-31-24)33(22(3)4)30(35)23-8-13-27(37-6)28(19-23)38-17-7-16-36-5;/h11,16,21-22,25,27-29H,10,12-15,17-20,23H2,1-9H3;8,13,18-19,22,24-26,31H,7,9-12,14-17,20H2,1-6H3;1H/t28-,29-;24-,26-;/m11./s1. The Morgan fingerprint density at radius 3 is 1.43 bits per heavy atom. The lowest BCUT2D eigenvalue weighted by atomic mass is 9.93. The zero-order chi connectivity index (χ0) is 61.0. The van der Waals surface area contributed by atoms with Crippen LogP contribution < -0.4 is 24.3 Å². The van der Waals surface area contributed by atoms with E-state index < -0.39 is 11.7 Å². The number of methoxy groups -OCH3 is 4. The van der Waals surface area contributed by atoms with Crippen molar-refractivity contribution in [1.29, 1.82) is 0 Å². The first-order valence-corrected chi connectivity index (χ1v) is 30.4. The van der Waals surface area contributed by atoms with Crippen molar-refractivity contribution in [1.82, 2.24) is 29.8 Å². The summed E-state index contributed by atoms with van der Waals surface area (Å²) < 4.78 is 38.8. The van der Waals surface area contributed by atoms with E-state index in [9.17, 15) is 24.0 Å². The summed E-state index contributed by atoms with van der Waals surface area (Å²) in [4.78, 5) is 76.6. The minimum Gasteiger partial charge on any atom is -0.493 e. The molecular weight excluding hydrogens is 1090 g/mol. The van der Waals surface area contributed by atoms with Crippen LogP contribution in [0.1, 0.15) is 174 Å². The number of hydrogen-bond donors (Lipinski definition) is 1. The highest BCUT2D eigenvalue weighted by molar-refractivity contribution is 5.96. The quantitative estimate of drug-likeness (QED) is 0.0629. The summed E-state index contributed by atoms with van der Waals surface area (Å²) in [5.41, 5.74) is 2.45. The Morgan fingerprint density at radius 2 is 1.04 bits per heavy atom. The molecule has 18 nitrogen and oxygen atoms in total. The van der Waals surface area contributed by atoms with Crippen molar-refractivity contribution in [2.24, 2.45) is 0 Å². The normalized spacial score (nSPS) is 18.5. The molecule has 1 N–H and O–H groups in total. The molecule has 4 atom stereocenters. The van der Waals surface area contributed by atoms with Gasteiger partial charge >= 0.3 is 6.09 Å². The Kier molecular flexibility index (Phi) is 29.2. The molecule has 0 aromatic heterocycles. The number of amides is 5. The zero-order valence-corrected chi connectivity index (χ0v) is 54.2. The van der Waals surface area contributed by atoms with Gasteiger partial charge in [-0.2, -0.15) is 0 Å². The fourth-order valence-corrected chi connectivity index (χ4v) is 11.0. The second-order valence-corrected chi connectivity index (χ2v) is 24.6. The van der Waals surface area contributed by atoms with Gasteiger partial charge in [-0.15, -0.1) is 12.4 Å². The molecule has 5 amide bonds. The minimum absolute atomic E-state index is 0. The highest BCUT2D eigenvalue weighted by Crippen LogP contribution is 2.35. The highest BCUT2D eigenvalue weighted by Gasteiger charge is 2.41. The predicted octanol–water partition coefficient (Wildman–Crippen LogP) is 10.9. The summed E-state index contributed by atoms with van der Waals surface area (Å²) in [6.45, 7) is 26.1. The average molecular weight is 1200 g/mol. The van der Waals surface area contributed by atoms with Crippen molar-refractivity contribution in [3.63, 3.8) is 0 Å². The lowest BCUT2D eigenvalue weighted by molar-refractivity contribution is -0.127. The number of likely N-dealkylation sites (tertiary alicyclic amines) is 1. The number of carbonyl (C=O) groups excluding carboxylic acids is 5. The van der Waals surface area contributed by atoms with Crippen LogP contribution in [-0.2, 0) is 23.8 Å². The van der Waals surface area contributed by atoms with Gasteiger partial charge in [0.2, 0.25) is 11.8 Å². The van der Waals surface area contributed by atoms with Gasteiger partial charge in [-0.3, -0.25) is 19.2 Å². The first-order chi connectivity index (χ1) is 39.5. The van der Waals surface area contributed by atoms with Gasteiger partial charge in [0.25, 0.3) is 11.8 Å². The topological polar surface area (TPSA) is 178 Å². The summed E-state index contributed by atoms with van der Waals surface area (Å²) in [6, 6.07) is 11.4. The summed E-state index contributed by atoms with van der Waals surface area (Å²) in [7, 11) is 6.49. The number of rotatable bonds is 28. The van der Waals surface area contributed by atoms with Crippen LogP contribution in [0.5, 0.6) is 23.0 Å². The Labute approximate surface area is 509 Å². The number of nitrogens with one attached hydrogen (secondary N) is 1. The third kappa shape index (κ3) is 22.1. The molecule has 4 aliphatic rings. The van der Waals surface area contributed by atoms with Crippen molar-refractivity contribution in [2.45, 2.75) is 207 Å². The molecule has 4 fully saturated rings. The molecule has 0 spiro atoms. The fourth-order valence-electron chi connectivity index (χ4n) is 11.0. The van der Waals surface area contributed by atoms with E-state index in [4.69, 9.17) is 33.2 Å². The van der Waals surface area contributed by atoms with Crippen molar-refractivity contribution in [3.8, 4) is 23.0 Å². The first kappa shape index (κ1) is 70.9. The maximum atomic E-state index is 14.1. The molecule has 19 heteroatoms. The van der Waals surface area contributed by atoms with Gasteiger partial charge < -0.3 is 63.0 Å². The van der Waals surface area contributed by atoms with Gasteiger partial charge in [-0.1, -0.05) is 11.1 Å². The van der Waals surface area contributed by atoms with Gasteiger partial charge in [0, 0.05) is 132 Å². The molecule has 0 bridgehead atoms. The van der Waals surface area contributed by atoms with E-state index in [1.807, 2.05) is 88.0 Å². The van der Waals surface area contributed by atoms with E-state index in [0.717, 1.165) is 82.0 Å². The Bertz CT molecular complexity index is 2470. The van der Waals surface area contributed by atoms with E-state index in [1.165, 1.54) is 0 Å². The number of halogens is 1. The van der Waals surface area contributed by atoms with Gasteiger partial charge in [0.05, 0.1) is 33.5 Å². The minimum atomic E-state index is -0.662. The van der Waals surface area contributed by atoms with E-state index in [0.29, 0.717) is 105 Å². The number of ether oxygens (including phenoxy) is 7. The van der Waals surface area contributed by atoms with E-state index in [-0.39, 0.29) is 72.3 Å². The molecule has 84 heavy (non-hydrogen) atoms. The third-order valence-corrected chi connectivity index (χ3v) is 15.3. The first-order valence-electron chi connectivity index (χ1n) is 30.4. The molecule has 2 aromatic rings. The predicted molar refractivity (Wildman–Crippen MR) is 332 cm³/mol. The number of nitrogens with zero attached hydrogens (tertiary/aromatic N) is 5. The van der Waals surface area contributed by atoms with Crippen LogP contribution in [0.3, 0.4) is 0 Å². The molecular formula is C65H103ClN6O12.